The average Bonchev–Trinajstić information content (AvgIpc) is 2.62. The van der Waals surface area contributed by atoms with Gasteiger partial charge in [0.1, 0.15) is 0 Å². The maximum Gasteiger partial charge on any atom is 0.284 e. The second-order valence-corrected chi connectivity index (χ2v) is 7.09. The number of carbonyl (C=O) groups excluding carboxylic acids is 1. The lowest BCUT2D eigenvalue weighted by Gasteiger charge is -2.36. The summed E-state index contributed by atoms with van der Waals surface area (Å²) in [5, 5.41) is 13.3. The highest BCUT2D eigenvalue weighted by molar-refractivity contribution is 7.89. The van der Waals surface area contributed by atoms with Gasteiger partial charge in [0.2, 0.25) is 6.41 Å². The van der Waals surface area contributed by atoms with Crippen molar-refractivity contribution in [3.8, 4) is 0 Å². The number of rotatable bonds is 4. The molecule has 0 saturated carbocycles. The van der Waals surface area contributed by atoms with Crippen LogP contribution in [0.15, 0.2) is 29.4 Å². The van der Waals surface area contributed by atoms with E-state index < -0.39 is 21.7 Å². The molecule has 2 N–H and O–H groups in total. The summed E-state index contributed by atoms with van der Waals surface area (Å²) in [5.74, 6) is 0. The summed E-state index contributed by atoms with van der Waals surface area (Å²) in [5.41, 5.74) is -1.33. The van der Waals surface area contributed by atoms with Gasteiger partial charge < -0.3 is 10.4 Å². The molecule has 1 fully saturated rings. The lowest BCUT2D eigenvalue weighted by atomic mass is 9.94. The number of β-amino-alcohol motifs (C(OH)–C–C–N with tert-alkyl or cyclic N) is 1. The Bertz CT molecular complexity index is 589. The Hall–Kier alpha value is -1.51. The molecule has 0 bridgehead atoms. The van der Waals surface area contributed by atoms with Crippen LogP contribution in [-0.4, -0.2) is 54.0 Å². The summed E-state index contributed by atoms with van der Waals surface area (Å²) in [6.45, 7) is 2.42. The molecule has 1 aliphatic heterocycles. The largest absolute Gasteiger partial charge is 0.387 e. The van der Waals surface area contributed by atoms with Gasteiger partial charge in [-0.25, -0.2) is 9.29 Å². The summed E-state index contributed by atoms with van der Waals surface area (Å²) < 4.78 is 25.8. The van der Waals surface area contributed by atoms with Gasteiger partial charge in [0.05, 0.1) is 11.6 Å². The molecular weight excluding hydrogens is 294 g/mol. The number of nitrogens with zero attached hydrogens (tertiary/aromatic N) is 2. The third-order valence-corrected chi connectivity index (χ3v) is 5.29. The molecule has 2 heterocycles. The maximum absolute atomic E-state index is 12.6. The van der Waals surface area contributed by atoms with E-state index in [0.29, 0.717) is 23.7 Å². The molecule has 0 radical (unpaired) electrons. The normalized spacial score (nSPS) is 26.9. The number of sulfonamides is 1. The average molecular weight is 313 g/mol. The van der Waals surface area contributed by atoms with Gasteiger partial charge in [-0.2, -0.15) is 8.42 Å². The molecule has 1 amide bonds. The lowest BCUT2D eigenvalue weighted by molar-refractivity contribution is -0.119. The van der Waals surface area contributed by atoms with E-state index in [1.165, 1.54) is 25.3 Å². The standard InChI is InChI=1S/C13H19N3O4S/c1-13(18)9-14-7-4-5-11(13)16(10-17)21(19,20)12-6-2-3-8-15-12/h2-3,6,8,10-11,14,18H,4-5,7,9H2,1H3/t11?,13-/m0/s1. The van der Waals surface area contributed by atoms with Crippen LogP contribution in [0.3, 0.4) is 0 Å². The van der Waals surface area contributed by atoms with E-state index in [0.717, 1.165) is 0 Å². The molecule has 2 atom stereocenters. The second kappa shape index (κ2) is 6.08. The minimum Gasteiger partial charge on any atom is -0.387 e. The van der Waals surface area contributed by atoms with Crippen molar-refractivity contribution in [2.75, 3.05) is 13.1 Å². The highest BCUT2D eigenvalue weighted by Gasteiger charge is 2.42. The molecule has 0 spiro atoms. The fraction of sp³-hybridized carbons (Fsp3) is 0.538. The Morgan fingerprint density at radius 2 is 2.29 bits per heavy atom. The van der Waals surface area contributed by atoms with Gasteiger partial charge in [0.25, 0.3) is 10.0 Å². The van der Waals surface area contributed by atoms with Gasteiger partial charge in [-0.15, -0.1) is 0 Å². The molecule has 1 aliphatic rings. The predicted molar refractivity (Wildman–Crippen MR) is 75.8 cm³/mol. The smallest absolute Gasteiger partial charge is 0.284 e. The molecule has 7 nitrogen and oxygen atoms in total. The first-order valence-electron chi connectivity index (χ1n) is 6.72. The van der Waals surface area contributed by atoms with Gasteiger partial charge in [-0.05, 0) is 38.4 Å². The third kappa shape index (κ3) is 3.22. The Balaban J connectivity index is 2.41. The zero-order valence-corrected chi connectivity index (χ0v) is 12.6. The first-order chi connectivity index (χ1) is 9.89. The van der Waals surface area contributed by atoms with Crippen molar-refractivity contribution < 1.29 is 18.3 Å². The first kappa shape index (κ1) is 15.9. The van der Waals surface area contributed by atoms with Gasteiger partial charge in [0, 0.05) is 12.7 Å². The molecule has 21 heavy (non-hydrogen) atoms. The number of aliphatic hydroxyl groups is 1. The van der Waals surface area contributed by atoms with E-state index in [1.54, 1.807) is 6.07 Å². The molecule has 116 valence electrons. The quantitative estimate of drug-likeness (QED) is 0.743. The van der Waals surface area contributed by atoms with Crippen molar-refractivity contribution >= 4 is 16.4 Å². The SMILES string of the molecule is C[C@]1(O)CNCCCC1N(C=O)S(=O)(=O)c1ccccn1. The van der Waals surface area contributed by atoms with Crippen molar-refractivity contribution in [3.63, 3.8) is 0 Å². The summed E-state index contributed by atoms with van der Waals surface area (Å²) in [7, 11) is -4.07. The van der Waals surface area contributed by atoms with E-state index >= 15 is 0 Å². The highest BCUT2D eigenvalue weighted by Crippen LogP contribution is 2.26. The lowest BCUT2D eigenvalue weighted by Crippen LogP contribution is -2.55. The highest BCUT2D eigenvalue weighted by atomic mass is 32.2. The first-order valence-corrected chi connectivity index (χ1v) is 8.16. The van der Waals surface area contributed by atoms with Crippen LogP contribution >= 0.6 is 0 Å². The minimum atomic E-state index is -4.07. The minimum absolute atomic E-state index is 0.204. The number of aromatic nitrogens is 1. The van der Waals surface area contributed by atoms with Crippen molar-refractivity contribution in [3.05, 3.63) is 24.4 Å². The fourth-order valence-corrected chi connectivity index (χ4v) is 3.94. The van der Waals surface area contributed by atoms with E-state index in [-0.39, 0.29) is 18.0 Å². The summed E-state index contributed by atoms with van der Waals surface area (Å²) in [4.78, 5) is 15.2. The van der Waals surface area contributed by atoms with E-state index in [4.69, 9.17) is 0 Å². The number of hydrogen-bond donors (Lipinski definition) is 2. The molecule has 8 heteroatoms. The number of pyridine rings is 1. The summed E-state index contributed by atoms with van der Waals surface area (Å²) in [6, 6.07) is 3.64. The molecule has 1 saturated heterocycles. The van der Waals surface area contributed by atoms with Crippen LogP contribution in [0.4, 0.5) is 0 Å². The topological polar surface area (TPSA) is 99.6 Å². The van der Waals surface area contributed by atoms with Crippen LogP contribution in [0.5, 0.6) is 0 Å². The molecule has 0 aliphatic carbocycles. The van der Waals surface area contributed by atoms with Crippen LogP contribution in [0.2, 0.25) is 0 Å². The van der Waals surface area contributed by atoms with Crippen LogP contribution in [0, 0.1) is 0 Å². The van der Waals surface area contributed by atoms with E-state index in [2.05, 4.69) is 10.3 Å². The van der Waals surface area contributed by atoms with Gasteiger partial charge in [0.15, 0.2) is 5.03 Å². The second-order valence-electron chi connectivity index (χ2n) is 5.30. The Labute approximate surface area is 124 Å². The van der Waals surface area contributed by atoms with Crippen molar-refractivity contribution in [2.45, 2.75) is 36.4 Å². The van der Waals surface area contributed by atoms with Gasteiger partial charge in [-0.1, -0.05) is 6.07 Å². The number of hydrogen-bond acceptors (Lipinski definition) is 6. The van der Waals surface area contributed by atoms with Gasteiger partial charge in [-0.3, -0.25) is 4.79 Å². The molecule has 1 aromatic heterocycles. The van der Waals surface area contributed by atoms with Crippen molar-refractivity contribution in [2.24, 2.45) is 0 Å². The maximum atomic E-state index is 12.6. The fourth-order valence-electron chi connectivity index (χ4n) is 2.50. The van der Waals surface area contributed by atoms with Crippen LogP contribution in [0.1, 0.15) is 19.8 Å². The van der Waals surface area contributed by atoms with Crippen LogP contribution < -0.4 is 5.32 Å². The van der Waals surface area contributed by atoms with Crippen molar-refractivity contribution in [1.82, 2.24) is 14.6 Å². The number of carbonyl (C=O) groups is 1. The molecule has 2 rings (SSSR count). The number of amides is 1. The summed E-state index contributed by atoms with van der Waals surface area (Å²) in [6.07, 6.45) is 2.67. The predicted octanol–water partition coefficient (Wildman–Crippen LogP) is -0.268. The molecule has 1 aromatic rings. The zero-order chi connectivity index (χ0) is 15.5. The monoisotopic (exact) mass is 313 g/mol. The Morgan fingerprint density at radius 1 is 1.52 bits per heavy atom. The van der Waals surface area contributed by atoms with Gasteiger partial charge >= 0.3 is 0 Å². The summed E-state index contributed by atoms with van der Waals surface area (Å²) >= 11 is 0. The number of nitrogens with one attached hydrogen (secondary N) is 1. The van der Waals surface area contributed by atoms with E-state index in [1.807, 2.05) is 0 Å². The Kier molecular flexibility index (Phi) is 4.60. The van der Waals surface area contributed by atoms with Crippen LogP contribution in [-0.2, 0) is 14.8 Å². The molecule has 1 unspecified atom stereocenters. The Morgan fingerprint density at radius 3 is 2.90 bits per heavy atom. The molecule has 0 aromatic carbocycles. The van der Waals surface area contributed by atoms with Crippen LogP contribution in [0.25, 0.3) is 0 Å². The van der Waals surface area contributed by atoms with Crippen molar-refractivity contribution in [1.29, 1.82) is 0 Å². The molecular formula is C13H19N3O4S. The van der Waals surface area contributed by atoms with E-state index in [9.17, 15) is 18.3 Å². The zero-order valence-electron chi connectivity index (χ0n) is 11.8. The third-order valence-electron chi connectivity index (χ3n) is 3.62.